The second-order valence-electron chi connectivity index (χ2n) is 4.80. The summed E-state index contributed by atoms with van der Waals surface area (Å²) >= 11 is 0. The van der Waals surface area contributed by atoms with Crippen LogP contribution < -0.4 is 0 Å². The number of carbonyl (C=O) groups is 1. The molecule has 0 aromatic heterocycles. The second kappa shape index (κ2) is 3.17. The van der Waals surface area contributed by atoms with E-state index in [2.05, 4.69) is 13.8 Å². The van der Waals surface area contributed by atoms with Gasteiger partial charge in [0.05, 0.1) is 6.61 Å². The lowest BCUT2D eigenvalue weighted by molar-refractivity contribution is -0.121. The fourth-order valence-electron chi connectivity index (χ4n) is 1.74. The van der Waals surface area contributed by atoms with E-state index < -0.39 is 5.41 Å². The van der Waals surface area contributed by atoms with E-state index in [0.29, 0.717) is 5.41 Å². The molecule has 0 atom stereocenters. The monoisotopic (exact) mass is 170 g/mol. The summed E-state index contributed by atoms with van der Waals surface area (Å²) in [6.45, 7) is 4.46. The smallest absolute Gasteiger partial charge is 0.128 e. The average molecular weight is 170 g/mol. The number of aldehydes is 1. The van der Waals surface area contributed by atoms with Gasteiger partial charge in [0.25, 0.3) is 0 Å². The normalized spacial score (nSPS) is 26.6. The molecule has 1 fully saturated rings. The predicted octanol–water partition coefficient (Wildman–Crippen LogP) is 1.76. The van der Waals surface area contributed by atoms with Crippen LogP contribution in [0.1, 0.15) is 39.5 Å². The van der Waals surface area contributed by atoms with Gasteiger partial charge >= 0.3 is 0 Å². The number of hydrogen-bond donors (Lipinski definition) is 1. The van der Waals surface area contributed by atoms with Gasteiger partial charge in [0.1, 0.15) is 6.29 Å². The van der Waals surface area contributed by atoms with Gasteiger partial charge < -0.3 is 9.90 Å². The lowest BCUT2D eigenvalue weighted by Gasteiger charge is -2.39. The highest BCUT2D eigenvalue weighted by molar-refractivity contribution is 5.59. The molecule has 1 aliphatic carbocycles. The molecule has 1 N–H and O–H groups in total. The van der Waals surface area contributed by atoms with Crippen LogP contribution in [0, 0.1) is 10.8 Å². The summed E-state index contributed by atoms with van der Waals surface area (Å²) in [5, 5.41) is 9.08. The molecule has 0 aliphatic heterocycles. The van der Waals surface area contributed by atoms with Crippen LogP contribution in [0.4, 0.5) is 0 Å². The first-order valence-electron chi connectivity index (χ1n) is 4.61. The Morgan fingerprint density at radius 1 is 1.25 bits per heavy atom. The highest BCUT2D eigenvalue weighted by atomic mass is 16.3. The van der Waals surface area contributed by atoms with E-state index in [-0.39, 0.29) is 6.61 Å². The van der Waals surface area contributed by atoms with Crippen molar-refractivity contribution < 1.29 is 9.90 Å². The van der Waals surface area contributed by atoms with Gasteiger partial charge in [0.2, 0.25) is 0 Å². The van der Waals surface area contributed by atoms with Gasteiger partial charge in [0, 0.05) is 5.41 Å². The Hall–Kier alpha value is -0.370. The number of aliphatic hydroxyl groups excluding tert-OH is 1. The van der Waals surface area contributed by atoms with Gasteiger partial charge in [-0.3, -0.25) is 0 Å². The first kappa shape index (κ1) is 9.72. The molecule has 2 heteroatoms. The SMILES string of the molecule is CC1(C)CCC(C=O)(CO)CC1. The zero-order valence-electron chi connectivity index (χ0n) is 7.97. The summed E-state index contributed by atoms with van der Waals surface area (Å²) in [6.07, 6.45) is 4.74. The third kappa shape index (κ3) is 1.86. The van der Waals surface area contributed by atoms with Crippen molar-refractivity contribution in [2.24, 2.45) is 10.8 Å². The Morgan fingerprint density at radius 3 is 2.08 bits per heavy atom. The molecule has 0 radical (unpaired) electrons. The van der Waals surface area contributed by atoms with Crippen molar-refractivity contribution >= 4 is 6.29 Å². The number of carbonyl (C=O) groups excluding carboxylic acids is 1. The number of hydrogen-bond acceptors (Lipinski definition) is 2. The maximum atomic E-state index is 10.8. The van der Waals surface area contributed by atoms with Crippen LogP contribution in [-0.4, -0.2) is 18.0 Å². The molecule has 2 nitrogen and oxygen atoms in total. The fraction of sp³-hybridized carbons (Fsp3) is 0.900. The van der Waals surface area contributed by atoms with E-state index in [4.69, 9.17) is 5.11 Å². The minimum atomic E-state index is -0.407. The molecule has 1 rings (SSSR count). The molecule has 1 saturated carbocycles. The summed E-state index contributed by atoms with van der Waals surface area (Å²) < 4.78 is 0. The summed E-state index contributed by atoms with van der Waals surface area (Å²) in [7, 11) is 0. The Balaban J connectivity index is 2.59. The Bertz CT molecular complexity index is 163. The maximum Gasteiger partial charge on any atom is 0.128 e. The van der Waals surface area contributed by atoms with Crippen molar-refractivity contribution in [2.45, 2.75) is 39.5 Å². The number of aliphatic hydroxyl groups is 1. The molecule has 0 unspecified atom stereocenters. The molecule has 0 spiro atoms. The van der Waals surface area contributed by atoms with Crippen molar-refractivity contribution in [3.05, 3.63) is 0 Å². The molecule has 1 aliphatic rings. The molecule has 0 saturated heterocycles. The van der Waals surface area contributed by atoms with Crippen molar-refractivity contribution in [3.8, 4) is 0 Å². The fourth-order valence-corrected chi connectivity index (χ4v) is 1.74. The van der Waals surface area contributed by atoms with Crippen molar-refractivity contribution in [2.75, 3.05) is 6.61 Å². The Labute approximate surface area is 74.0 Å². The van der Waals surface area contributed by atoms with Crippen LogP contribution in [0.2, 0.25) is 0 Å². The first-order chi connectivity index (χ1) is 5.54. The Kier molecular flexibility index (Phi) is 2.57. The quantitative estimate of drug-likeness (QED) is 0.641. The average Bonchev–Trinajstić information content (AvgIpc) is 2.06. The molecule has 0 aromatic rings. The Morgan fingerprint density at radius 2 is 1.75 bits per heavy atom. The third-order valence-electron chi connectivity index (χ3n) is 3.16. The highest BCUT2D eigenvalue weighted by Gasteiger charge is 2.37. The van der Waals surface area contributed by atoms with Crippen LogP contribution in [0.5, 0.6) is 0 Å². The van der Waals surface area contributed by atoms with Crippen LogP contribution in [0.3, 0.4) is 0 Å². The van der Waals surface area contributed by atoms with Crippen LogP contribution in [0.25, 0.3) is 0 Å². The third-order valence-corrected chi connectivity index (χ3v) is 3.16. The van der Waals surface area contributed by atoms with Crippen molar-refractivity contribution in [3.63, 3.8) is 0 Å². The van der Waals surface area contributed by atoms with Crippen LogP contribution in [0.15, 0.2) is 0 Å². The van der Waals surface area contributed by atoms with Gasteiger partial charge in [-0.25, -0.2) is 0 Å². The van der Waals surface area contributed by atoms with E-state index in [0.717, 1.165) is 32.0 Å². The second-order valence-corrected chi connectivity index (χ2v) is 4.80. The van der Waals surface area contributed by atoms with E-state index in [9.17, 15) is 4.79 Å². The van der Waals surface area contributed by atoms with Crippen LogP contribution >= 0.6 is 0 Å². The minimum absolute atomic E-state index is 0.0204. The van der Waals surface area contributed by atoms with E-state index >= 15 is 0 Å². The topological polar surface area (TPSA) is 37.3 Å². The summed E-state index contributed by atoms with van der Waals surface area (Å²) in [6, 6.07) is 0. The lowest BCUT2D eigenvalue weighted by Crippen LogP contribution is -2.35. The molecule has 70 valence electrons. The summed E-state index contributed by atoms with van der Waals surface area (Å²) in [4.78, 5) is 10.8. The van der Waals surface area contributed by atoms with Gasteiger partial charge in [-0.2, -0.15) is 0 Å². The predicted molar refractivity (Wildman–Crippen MR) is 47.8 cm³/mol. The van der Waals surface area contributed by atoms with E-state index in [1.165, 1.54) is 0 Å². The molecule has 0 heterocycles. The van der Waals surface area contributed by atoms with E-state index in [1.54, 1.807) is 0 Å². The lowest BCUT2D eigenvalue weighted by atomic mass is 9.66. The molecule has 12 heavy (non-hydrogen) atoms. The first-order valence-corrected chi connectivity index (χ1v) is 4.61. The molecule has 0 aromatic carbocycles. The van der Waals surface area contributed by atoms with Crippen LogP contribution in [-0.2, 0) is 4.79 Å². The summed E-state index contributed by atoms with van der Waals surface area (Å²) in [5.74, 6) is 0. The summed E-state index contributed by atoms with van der Waals surface area (Å²) in [5.41, 5.74) is -0.0444. The molecular weight excluding hydrogens is 152 g/mol. The van der Waals surface area contributed by atoms with E-state index in [1.807, 2.05) is 0 Å². The zero-order valence-corrected chi connectivity index (χ0v) is 7.97. The minimum Gasteiger partial charge on any atom is -0.395 e. The molecule has 0 bridgehead atoms. The van der Waals surface area contributed by atoms with Crippen molar-refractivity contribution in [1.29, 1.82) is 0 Å². The van der Waals surface area contributed by atoms with Gasteiger partial charge in [0.15, 0.2) is 0 Å². The van der Waals surface area contributed by atoms with Crippen molar-refractivity contribution in [1.82, 2.24) is 0 Å². The largest absolute Gasteiger partial charge is 0.395 e. The maximum absolute atomic E-state index is 10.8. The highest BCUT2D eigenvalue weighted by Crippen LogP contribution is 2.43. The number of rotatable bonds is 2. The molecule has 0 amide bonds. The zero-order chi connectivity index (χ0) is 9.24. The van der Waals surface area contributed by atoms with Gasteiger partial charge in [-0.05, 0) is 31.1 Å². The standard InChI is InChI=1S/C10H18O2/c1-9(2)3-5-10(7-11,8-12)6-4-9/h7,12H,3-6,8H2,1-2H3. The van der Waals surface area contributed by atoms with Gasteiger partial charge in [-0.1, -0.05) is 13.8 Å². The molecular formula is C10H18O2. The van der Waals surface area contributed by atoms with Gasteiger partial charge in [-0.15, -0.1) is 0 Å².